The first-order valence-electron chi connectivity index (χ1n) is 7.26. The molecule has 20 heavy (non-hydrogen) atoms. The van der Waals surface area contributed by atoms with Crippen LogP contribution in [-0.4, -0.2) is 48.8 Å². The van der Waals surface area contributed by atoms with E-state index in [1.807, 2.05) is 27.7 Å². The largest absolute Gasteiger partial charge is 0.399 e. The fourth-order valence-electron chi connectivity index (χ4n) is 2.84. The maximum absolute atomic E-state index is 6.10. The van der Waals surface area contributed by atoms with E-state index < -0.39 is 14.0 Å². The highest BCUT2D eigenvalue weighted by atomic mass is 31.0. The molecule has 1 fully saturated rings. The molecule has 1 saturated heterocycles. The van der Waals surface area contributed by atoms with Gasteiger partial charge < -0.3 is 18.3 Å². The molecule has 7 heteroatoms. The number of ether oxygens (including phenoxy) is 2. The second kappa shape index (κ2) is 11.2. The molecule has 3 radical (unpaired) electrons. The van der Waals surface area contributed by atoms with Crippen LogP contribution in [0.4, 0.5) is 0 Å². The summed E-state index contributed by atoms with van der Waals surface area (Å²) in [5.41, 5.74) is -0.610. The van der Waals surface area contributed by atoms with E-state index in [1.54, 1.807) is 0 Å². The van der Waals surface area contributed by atoms with E-state index in [0.29, 0.717) is 26.4 Å². The number of hydrogen-bond acceptors (Lipinski definition) is 4. The molecule has 0 spiro atoms. The van der Waals surface area contributed by atoms with Crippen molar-refractivity contribution in [2.75, 3.05) is 26.4 Å². The summed E-state index contributed by atoms with van der Waals surface area (Å²) in [6.45, 7) is 10.6. The molecule has 0 aromatic heterocycles. The lowest BCUT2D eigenvalue weighted by molar-refractivity contribution is -0.211. The Bertz CT molecular complexity index is 199. The van der Waals surface area contributed by atoms with Gasteiger partial charge in [0.2, 0.25) is 5.41 Å². The molecule has 0 saturated carbocycles. The summed E-state index contributed by atoms with van der Waals surface area (Å²) in [7, 11) is -2.45. The summed E-state index contributed by atoms with van der Waals surface area (Å²) < 4.78 is 24.2. The highest BCUT2D eigenvalue weighted by molar-refractivity contribution is 6.92. The Kier molecular flexibility index (Phi) is 12.7. The monoisotopic (exact) mass is 321 g/mol. The van der Waals surface area contributed by atoms with E-state index in [-0.39, 0.29) is 18.3 Å². The third-order valence-electron chi connectivity index (χ3n) is 3.35. The lowest BCUT2D eigenvalue weighted by Crippen LogP contribution is -2.67. The van der Waals surface area contributed by atoms with Crippen LogP contribution in [0, 0.1) is 0 Å². The topological polar surface area (TPSA) is 36.9 Å². The van der Waals surface area contributed by atoms with E-state index in [9.17, 15) is 0 Å². The van der Waals surface area contributed by atoms with Crippen molar-refractivity contribution in [3.8, 4) is 0 Å². The molecule has 1 rings (SSSR count). The first-order valence-corrected chi connectivity index (χ1v) is 9.28. The van der Waals surface area contributed by atoms with Crippen molar-refractivity contribution in [3.05, 3.63) is 0 Å². The summed E-state index contributed by atoms with van der Waals surface area (Å²) in [6, 6.07) is 0.967. The van der Waals surface area contributed by atoms with Crippen LogP contribution >= 0.6 is 9.90 Å². The number of rotatable bonds is 8. The Labute approximate surface area is 130 Å². The van der Waals surface area contributed by atoms with Crippen molar-refractivity contribution >= 4 is 26.9 Å². The Hall–Kier alpha value is 0.552. The van der Waals surface area contributed by atoms with E-state index in [0.717, 1.165) is 25.3 Å². The first kappa shape index (κ1) is 22.8. The van der Waals surface area contributed by atoms with Crippen LogP contribution in [0.15, 0.2) is 0 Å². The molecule has 1 atom stereocenters. The Morgan fingerprint density at radius 3 is 1.75 bits per heavy atom. The third kappa shape index (κ3) is 4.79. The normalized spacial score (nSPS) is 19.8. The molecule has 1 aliphatic heterocycles. The molecule has 0 aromatic carbocycles. The smallest absolute Gasteiger partial charge is 0.392 e. The van der Waals surface area contributed by atoms with E-state index in [2.05, 4.69) is 0 Å². The Balaban J connectivity index is 0. The van der Waals surface area contributed by atoms with E-state index in [4.69, 9.17) is 18.3 Å². The SMILES string of the molecule is CCOC1(OCC)CCCC[Si]1(OCC)OCC.P.[B]. The van der Waals surface area contributed by atoms with Crippen LogP contribution in [0.2, 0.25) is 6.04 Å². The summed E-state index contributed by atoms with van der Waals surface area (Å²) in [5, 5.41) is 0. The van der Waals surface area contributed by atoms with Gasteiger partial charge in [0.1, 0.15) is 0 Å². The molecule has 1 aliphatic rings. The van der Waals surface area contributed by atoms with Crippen molar-refractivity contribution < 1.29 is 18.3 Å². The van der Waals surface area contributed by atoms with Crippen molar-refractivity contribution in [1.29, 1.82) is 0 Å². The fraction of sp³-hybridized carbons (Fsp3) is 1.00. The molecule has 1 heterocycles. The molecular weight excluding hydrogens is 290 g/mol. The van der Waals surface area contributed by atoms with E-state index >= 15 is 0 Å². The van der Waals surface area contributed by atoms with Crippen LogP contribution in [0.1, 0.15) is 47.0 Å². The molecule has 1 unspecified atom stereocenters. The predicted octanol–water partition coefficient (Wildman–Crippen LogP) is 2.67. The van der Waals surface area contributed by atoms with Crippen LogP contribution in [0.5, 0.6) is 0 Å². The summed E-state index contributed by atoms with van der Waals surface area (Å²) in [4.78, 5) is 0. The fourth-order valence-corrected chi connectivity index (χ4v) is 6.97. The minimum absolute atomic E-state index is 0. The van der Waals surface area contributed by atoms with Gasteiger partial charge in [0, 0.05) is 41.3 Å². The molecule has 0 bridgehead atoms. The zero-order valence-corrected chi connectivity index (χ0v) is 16.0. The minimum Gasteiger partial charge on any atom is -0.392 e. The van der Waals surface area contributed by atoms with Gasteiger partial charge in [-0.2, -0.15) is 9.90 Å². The second-order valence-corrected chi connectivity index (χ2v) is 7.79. The van der Waals surface area contributed by atoms with Gasteiger partial charge in [-0.3, -0.25) is 0 Å². The van der Waals surface area contributed by atoms with Crippen LogP contribution in [-0.2, 0) is 18.3 Å². The molecule has 4 nitrogen and oxygen atoms in total. The highest BCUT2D eigenvalue weighted by Crippen LogP contribution is 2.41. The molecule has 119 valence electrons. The minimum atomic E-state index is -2.45. The maximum atomic E-state index is 6.10. The van der Waals surface area contributed by atoms with Gasteiger partial charge in [-0.1, -0.05) is 6.42 Å². The van der Waals surface area contributed by atoms with Gasteiger partial charge in [-0.05, 0) is 40.2 Å². The molecule has 0 N–H and O–H groups in total. The van der Waals surface area contributed by atoms with Crippen molar-refractivity contribution in [3.63, 3.8) is 0 Å². The molecular formula is C13H31BO4PSi. The summed E-state index contributed by atoms with van der Waals surface area (Å²) in [5.74, 6) is 0. The zero-order valence-electron chi connectivity index (χ0n) is 13.6. The lowest BCUT2D eigenvalue weighted by atomic mass is 10.2. The first-order chi connectivity index (χ1) is 8.70. The Morgan fingerprint density at radius 1 is 0.850 bits per heavy atom. The van der Waals surface area contributed by atoms with Crippen LogP contribution < -0.4 is 0 Å². The van der Waals surface area contributed by atoms with Crippen molar-refractivity contribution in [1.82, 2.24) is 0 Å². The van der Waals surface area contributed by atoms with Crippen molar-refractivity contribution in [2.45, 2.75) is 58.4 Å². The molecule has 0 aromatic rings. The average molecular weight is 321 g/mol. The van der Waals surface area contributed by atoms with Crippen LogP contribution in [0.3, 0.4) is 0 Å². The van der Waals surface area contributed by atoms with Crippen molar-refractivity contribution in [2.24, 2.45) is 0 Å². The van der Waals surface area contributed by atoms with Gasteiger partial charge >= 0.3 is 8.56 Å². The number of hydrogen-bond donors (Lipinski definition) is 0. The summed E-state index contributed by atoms with van der Waals surface area (Å²) in [6.07, 6.45) is 3.16. The van der Waals surface area contributed by atoms with Gasteiger partial charge in [-0.15, -0.1) is 0 Å². The lowest BCUT2D eigenvalue weighted by Gasteiger charge is -2.48. The van der Waals surface area contributed by atoms with Gasteiger partial charge in [0.05, 0.1) is 0 Å². The van der Waals surface area contributed by atoms with Gasteiger partial charge in [0.15, 0.2) is 0 Å². The summed E-state index contributed by atoms with van der Waals surface area (Å²) >= 11 is 0. The second-order valence-electron chi connectivity index (χ2n) is 4.44. The standard InChI is InChI=1S/C13H28O4Si.B.H3P/c1-5-14-13(15-6-2)11-9-10-12-18(13,16-7-3)17-8-4;;/h5-12H2,1-4H3;;1H3. The highest BCUT2D eigenvalue weighted by Gasteiger charge is 2.61. The Morgan fingerprint density at radius 2 is 1.35 bits per heavy atom. The van der Waals surface area contributed by atoms with Crippen LogP contribution in [0.25, 0.3) is 0 Å². The van der Waals surface area contributed by atoms with E-state index in [1.165, 1.54) is 0 Å². The molecule has 0 amide bonds. The predicted molar refractivity (Wildman–Crippen MR) is 90.5 cm³/mol. The quantitative estimate of drug-likeness (QED) is 0.391. The van der Waals surface area contributed by atoms with Gasteiger partial charge in [0.25, 0.3) is 0 Å². The maximum Gasteiger partial charge on any atom is 0.399 e. The van der Waals surface area contributed by atoms with Gasteiger partial charge in [-0.25, -0.2) is 0 Å². The molecule has 0 aliphatic carbocycles. The third-order valence-corrected chi connectivity index (χ3v) is 7.57. The zero-order chi connectivity index (χ0) is 13.5. The average Bonchev–Trinajstić information content (AvgIpc) is 2.34.